The number of nitrogens with two attached hydrogens (primary N) is 1. The number of nitrogens with one attached hydrogen (secondary N) is 1. The molecule has 0 aromatic heterocycles. The van der Waals surface area contributed by atoms with Crippen molar-refractivity contribution in [1.82, 2.24) is 10.2 Å². The quantitative estimate of drug-likeness (QED) is 0.753. The Morgan fingerprint density at radius 1 is 1.26 bits per heavy atom. The zero-order valence-corrected chi connectivity index (χ0v) is 12.1. The van der Waals surface area contributed by atoms with Crippen molar-refractivity contribution in [2.75, 3.05) is 13.1 Å². The van der Waals surface area contributed by atoms with E-state index in [2.05, 4.69) is 36.2 Å². The van der Waals surface area contributed by atoms with Crippen molar-refractivity contribution in [1.29, 1.82) is 0 Å². The third-order valence-corrected chi connectivity index (χ3v) is 4.51. The van der Waals surface area contributed by atoms with Crippen LogP contribution in [0, 0.1) is 5.92 Å². The van der Waals surface area contributed by atoms with Crippen LogP contribution in [0.2, 0.25) is 0 Å². The lowest BCUT2D eigenvalue weighted by molar-refractivity contribution is -0.122. The molecule has 0 unspecified atom stereocenters. The number of hydrogen-bond donors (Lipinski definition) is 2. The second-order valence-electron chi connectivity index (χ2n) is 6.13. The Morgan fingerprint density at radius 2 is 1.89 bits per heavy atom. The van der Waals surface area contributed by atoms with Gasteiger partial charge in [0.05, 0.1) is 5.92 Å². The first kappa shape index (κ1) is 14.5. The molecule has 1 aliphatic carbocycles. The van der Waals surface area contributed by atoms with Crippen molar-refractivity contribution >= 4 is 5.91 Å². The van der Waals surface area contributed by atoms with Crippen LogP contribution in [-0.2, 0) is 4.79 Å². The van der Waals surface area contributed by atoms with Gasteiger partial charge in [-0.3, -0.25) is 4.79 Å². The number of carbonyl (C=O) groups excluding carboxylic acids is 1. The van der Waals surface area contributed by atoms with E-state index in [9.17, 15) is 4.79 Å². The molecule has 4 heteroatoms. The SMILES string of the molecule is CC(C)N1CCC(N[C@@H]2CC=CC[C@H]2C(N)=O)CC1. The smallest absolute Gasteiger partial charge is 0.222 e. The van der Waals surface area contributed by atoms with E-state index in [-0.39, 0.29) is 17.9 Å². The maximum atomic E-state index is 11.5. The zero-order valence-electron chi connectivity index (χ0n) is 12.1. The number of carbonyl (C=O) groups is 1. The Balaban J connectivity index is 1.84. The molecule has 1 heterocycles. The van der Waals surface area contributed by atoms with Gasteiger partial charge in [0.25, 0.3) is 0 Å². The first-order valence-electron chi connectivity index (χ1n) is 7.52. The van der Waals surface area contributed by atoms with Gasteiger partial charge in [-0.25, -0.2) is 0 Å². The first-order chi connectivity index (χ1) is 9.08. The molecule has 0 spiro atoms. The van der Waals surface area contributed by atoms with E-state index in [1.54, 1.807) is 0 Å². The molecule has 1 amide bonds. The summed E-state index contributed by atoms with van der Waals surface area (Å²) in [4.78, 5) is 14.0. The van der Waals surface area contributed by atoms with Gasteiger partial charge in [-0.1, -0.05) is 12.2 Å². The van der Waals surface area contributed by atoms with Crippen LogP contribution in [0.4, 0.5) is 0 Å². The van der Waals surface area contributed by atoms with Crippen LogP contribution in [0.15, 0.2) is 12.2 Å². The number of rotatable bonds is 4. The topological polar surface area (TPSA) is 58.4 Å². The van der Waals surface area contributed by atoms with Gasteiger partial charge in [0, 0.05) is 18.1 Å². The fourth-order valence-electron chi connectivity index (χ4n) is 3.20. The van der Waals surface area contributed by atoms with Crippen LogP contribution in [-0.4, -0.2) is 42.0 Å². The molecule has 0 aromatic carbocycles. The number of likely N-dealkylation sites (tertiary alicyclic amines) is 1. The zero-order chi connectivity index (χ0) is 13.8. The van der Waals surface area contributed by atoms with Gasteiger partial charge in [-0.2, -0.15) is 0 Å². The minimum absolute atomic E-state index is 0.0341. The molecule has 3 N–H and O–H groups in total. The highest BCUT2D eigenvalue weighted by Gasteiger charge is 2.30. The second-order valence-corrected chi connectivity index (χ2v) is 6.13. The van der Waals surface area contributed by atoms with Crippen LogP contribution in [0.1, 0.15) is 39.5 Å². The number of nitrogens with zero attached hydrogens (tertiary/aromatic N) is 1. The van der Waals surface area contributed by atoms with Crippen molar-refractivity contribution < 1.29 is 4.79 Å². The minimum Gasteiger partial charge on any atom is -0.369 e. The van der Waals surface area contributed by atoms with Gasteiger partial charge in [-0.15, -0.1) is 0 Å². The van der Waals surface area contributed by atoms with Crippen molar-refractivity contribution in [3.63, 3.8) is 0 Å². The molecule has 1 aliphatic heterocycles. The summed E-state index contributed by atoms with van der Waals surface area (Å²) in [5.74, 6) is -0.199. The normalized spacial score (nSPS) is 29.8. The third kappa shape index (κ3) is 3.80. The molecule has 108 valence electrons. The summed E-state index contributed by atoms with van der Waals surface area (Å²) in [7, 11) is 0. The predicted octanol–water partition coefficient (Wildman–Crippen LogP) is 1.27. The average molecular weight is 265 g/mol. The van der Waals surface area contributed by atoms with E-state index in [1.807, 2.05) is 0 Å². The van der Waals surface area contributed by atoms with E-state index >= 15 is 0 Å². The van der Waals surface area contributed by atoms with Crippen LogP contribution < -0.4 is 11.1 Å². The minimum atomic E-state index is -0.165. The molecule has 2 aliphatic rings. The fourth-order valence-corrected chi connectivity index (χ4v) is 3.20. The molecule has 0 aromatic rings. The van der Waals surface area contributed by atoms with E-state index in [1.165, 1.54) is 12.8 Å². The fraction of sp³-hybridized carbons (Fsp3) is 0.800. The van der Waals surface area contributed by atoms with Crippen molar-refractivity contribution in [2.24, 2.45) is 11.7 Å². The first-order valence-corrected chi connectivity index (χ1v) is 7.52. The van der Waals surface area contributed by atoms with Gasteiger partial charge in [-0.05, 0) is 52.6 Å². The second kappa shape index (κ2) is 6.53. The molecular formula is C15H27N3O. The van der Waals surface area contributed by atoms with Gasteiger partial charge < -0.3 is 16.0 Å². The largest absolute Gasteiger partial charge is 0.369 e. The summed E-state index contributed by atoms with van der Waals surface area (Å²) in [6.45, 7) is 6.81. The van der Waals surface area contributed by atoms with Crippen molar-refractivity contribution in [3.05, 3.63) is 12.2 Å². The van der Waals surface area contributed by atoms with E-state index in [0.29, 0.717) is 12.1 Å². The van der Waals surface area contributed by atoms with E-state index in [4.69, 9.17) is 5.73 Å². The standard InChI is InChI=1S/C15H27N3O/c1-11(2)18-9-7-12(8-10-18)17-14-6-4-3-5-13(14)15(16)19/h3-4,11-14,17H,5-10H2,1-2H3,(H2,16,19)/t13-,14-/m1/s1. The highest BCUT2D eigenvalue weighted by molar-refractivity contribution is 5.77. The summed E-state index contributed by atoms with van der Waals surface area (Å²) in [6, 6.07) is 1.41. The molecule has 4 nitrogen and oxygen atoms in total. The predicted molar refractivity (Wildman–Crippen MR) is 77.7 cm³/mol. The number of piperidine rings is 1. The summed E-state index contributed by atoms with van der Waals surface area (Å²) in [6.07, 6.45) is 8.30. The lowest BCUT2D eigenvalue weighted by Gasteiger charge is -2.38. The maximum Gasteiger partial charge on any atom is 0.222 e. The van der Waals surface area contributed by atoms with E-state index < -0.39 is 0 Å². The molecule has 1 saturated heterocycles. The van der Waals surface area contributed by atoms with Crippen LogP contribution in [0.3, 0.4) is 0 Å². The molecule has 19 heavy (non-hydrogen) atoms. The number of hydrogen-bond acceptors (Lipinski definition) is 3. The Bertz CT molecular complexity index is 332. The molecule has 0 radical (unpaired) electrons. The number of allylic oxidation sites excluding steroid dienone is 1. The maximum absolute atomic E-state index is 11.5. The highest BCUT2D eigenvalue weighted by Crippen LogP contribution is 2.21. The molecular weight excluding hydrogens is 238 g/mol. The van der Waals surface area contributed by atoms with Gasteiger partial charge in [0.15, 0.2) is 0 Å². The monoisotopic (exact) mass is 265 g/mol. The number of amides is 1. The molecule has 1 fully saturated rings. The highest BCUT2D eigenvalue weighted by atomic mass is 16.1. The average Bonchev–Trinajstić information content (AvgIpc) is 2.39. The van der Waals surface area contributed by atoms with Crippen LogP contribution in [0.25, 0.3) is 0 Å². The van der Waals surface area contributed by atoms with Gasteiger partial charge in [0.1, 0.15) is 0 Å². The van der Waals surface area contributed by atoms with Crippen molar-refractivity contribution in [2.45, 2.75) is 57.7 Å². The Labute approximate surface area is 116 Å². The summed E-state index contributed by atoms with van der Waals surface area (Å²) in [5.41, 5.74) is 5.50. The summed E-state index contributed by atoms with van der Waals surface area (Å²) >= 11 is 0. The Kier molecular flexibility index (Phi) is 4.99. The van der Waals surface area contributed by atoms with Gasteiger partial charge >= 0.3 is 0 Å². The summed E-state index contributed by atoms with van der Waals surface area (Å²) < 4.78 is 0. The molecule has 2 atom stereocenters. The number of primary amides is 1. The van der Waals surface area contributed by atoms with Crippen molar-refractivity contribution in [3.8, 4) is 0 Å². The molecule has 0 saturated carbocycles. The lowest BCUT2D eigenvalue weighted by Crippen LogP contribution is -2.52. The Morgan fingerprint density at radius 3 is 2.47 bits per heavy atom. The summed E-state index contributed by atoms with van der Waals surface area (Å²) in [5, 5.41) is 3.67. The van der Waals surface area contributed by atoms with E-state index in [0.717, 1.165) is 25.9 Å². The Hall–Kier alpha value is -0.870. The van der Waals surface area contributed by atoms with Crippen LogP contribution >= 0.6 is 0 Å². The van der Waals surface area contributed by atoms with Crippen LogP contribution in [0.5, 0.6) is 0 Å². The lowest BCUT2D eigenvalue weighted by atomic mass is 9.87. The van der Waals surface area contributed by atoms with Gasteiger partial charge in [0.2, 0.25) is 5.91 Å². The molecule has 0 bridgehead atoms. The third-order valence-electron chi connectivity index (χ3n) is 4.51. The molecule has 2 rings (SSSR count).